The van der Waals surface area contributed by atoms with Crippen LogP contribution in [0.25, 0.3) is 0 Å². The van der Waals surface area contributed by atoms with Crippen molar-refractivity contribution in [3.05, 3.63) is 58.6 Å². The van der Waals surface area contributed by atoms with Crippen LogP contribution < -0.4 is 14.8 Å². The molecule has 1 aliphatic heterocycles. The Hall–Kier alpha value is -2.01. The van der Waals surface area contributed by atoms with Gasteiger partial charge in [-0.15, -0.1) is 0 Å². The van der Waals surface area contributed by atoms with Gasteiger partial charge >= 0.3 is 0 Å². The van der Waals surface area contributed by atoms with Crippen molar-refractivity contribution < 1.29 is 14.3 Å². The average molecular weight is 390 g/mol. The zero-order valence-corrected chi connectivity index (χ0v) is 14.9. The highest BCUT2D eigenvalue weighted by Crippen LogP contribution is 2.34. The van der Waals surface area contributed by atoms with Gasteiger partial charge in [0.1, 0.15) is 11.5 Å². The lowest BCUT2D eigenvalue weighted by Gasteiger charge is -2.27. The van der Waals surface area contributed by atoms with Crippen molar-refractivity contribution in [2.45, 2.75) is 25.3 Å². The number of hydrogen-bond acceptors (Lipinski definition) is 3. The molecule has 0 aromatic heterocycles. The number of carbonyl (C=O) groups excluding carboxylic acids is 1. The predicted molar refractivity (Wildman–Crippen MR) is 96.3 cm³/mol. The number of halogens is 1. The van der Waals surface area contributed by atoms with Gasteiger partial charge in [-0.3, -0.25) is 4.79 Å². The first-order chi connectivity index (χ1) is 11.7. The summed E-state index contributed by atoms with van der Waals surface area (Å²) in [5.41, 5.74) is 1.03. The van der Waals surface area contributed by atoms with Gasteiger partial charge < -0.3 is 14.8 Å². The van der Waals surface area contributed by atoms with E-state index >= 15 is 0 Å². The molecule has 0 saturated carbocycles. The van der Waals surface area contributed by atoms with E-state index < -0.39 is 0 Å². The van der Waals surface area contributed by atoms with Crippen molar-refractivity contribution in [1.82, 2.24) is 5.32 Å². The van der Waals surface area contributed by atoms with Crippen molar-refractivity contribution in [2.75, 3.05) is 13.2 Å². The number of carbonyl (C=O) groups is 1. The van der Waals surface area contributed by atoms with Crippen LogP contribution in [0.5, 0.6) is 11.5 Å². The molecule has 0 spiro atoms. The van der Waals surface area contributed by atoms with E-state index in [-0.39, 0.29) is 11.9 Å². The maximum atomic E-state index is 12.2. The molecule has 1 amide bonds. The molecule has 0 saturated heterocycles. The summed E-state index contributed by atoms with van der Waals surface area (Å²) in [6, 6.07) is 15.5. The van der Waals surface area contributed by atoms with Gasteiger partial charge in [0.05, 0.1) is 19.3 Å². The number of benzene rings is 2. The fourth-order valence-electron chi connectivity index (χ4n) is 2.72. The summed E-state index contributed by atoms with van der Waals surface area (Å²) >= 11 is 3.47. The molecular formula is C19H20BrNO3. The maximum absolute atomic E-state index is 12.2. The highest BCUT2D eigenvalue weighted by molar-refractivity contribution is 9.10. The molecule has 1 heterocycles. The highest BCUT2D eigenvalue weighted by atomic mass is 79.9. The lowest BCUT2D eigenvalue weighted by atomic mass is 10.0. The smallest absolute Gasteiger partial charge is 0.220 e. The van der Waals surface area contributed by atoms with Crippen LogP contribution in [0, 0.1) is 0 Å². The minimum absolute atomic E-state index is 0.00814. The number of para-hydroxylation sites is 1. The Kier molecular flexibility index (Phi) is 5.75. The van der Waals surface area contributed by atoms with Crippen LogP contribution in [-0.4, -0.2) is 19.1 Å². The lowest BCUT2D eigenvalue weighted by molar-refractivity contribution is -0.122. The molecule has 4 nitrogen and oxygen atoms in total. The Morgan fingerprint density at radius 2 is 2.08 bits per heavy atom. The van der Waals surface area contributed by atoms with Crippen molar-refractivity contribution in [3.63, 3.8) is 0 Å². The molecule has 0 fully saturated rings. The minimum Gasteiger partial charge on any atom is -0.494 e. The molecule has 3 rings (SSSR count). The van der Waals surface area contributed by atoms with Gasteiger partial charge in [-0.05, 0) is 36.8 Å². The molecule has 0 bridgehead atoms. The molecule has 2 aromatic carbocycles. The molecular weight excluding hydrogens is 370 g/mol. The summed E-state index contributed by atoms with van der Waals surface area (Å²) < 4.78 is 12.2. The van der Waals surface area contributed by atoms with Crippen LogP contribution >= 0.6 is 15.9 Å². The predicted octanol–water partition coefficient (Wildman–Crippen LogP) is 4.25. The molecule has 0 aliphatic carbocycles. The first-order valence-corrected chi connectivity index (χ1v) is 8.91. The van der Waals surface area contributed by atoms with Gasteiger partial charge in [-0.2, -0.15) is 0 Å². The monoisotopic (exact) mass is 389 g/mol. The molecule has 126 valence electrons. The quantitative estimate of drug-likeness (QED) is 0.751. The molecule has 1 atom stereocenters. The van der Waals surface area contributed by atoms with E-state index in [0.29, 0.717) is 26.1 Å². The fraction of sp³-hybridized carbons (Fsp3) is 0.316. The number of hydrogen-bond donors (Lipinski definition) is 1. The second-order valence-corrected chi connectivity index (χ2v) is 6.62. The SMILES string of the molecule is O=C(CCCOc1ccccc1)NC1CCOc2ccc(Br)cc21. The number of fused-ring (bicyclic) bond motifs is 1. The molecule has 1 unspecified atom stereocenters. The summed E-state index contributed by atoms with van der Waals surface area (Å²) in [5.74, 6) is 1.73. The van der Waals surface area contributed by atoms with E-state index in [4.69, 9.17) is 9.47 Å². The van der Waals surface area contributed by atoms with Gasteiger partial charge in [0, 0.05) is 22.9 Å². The number of amides is 1. The third kappa shape index (κ3) is 4.51. The Labute approximate surface area is 150 Å². The van der Waals surface area contributed by atoms with Gasteiger partial charge in [0.2, 0.25) is 5.91 Å². The summed E-state index contributed by atoms with van der Waals surface area (Å²) in [6.45, 7) is 1.16. The van der Waals surface area contributed by atoms with Crippen LogP contribution in [-0.2, 0) is 4.79 Å². The maximum Gasteiger partial charge on any atom is 0.220 e. The first kappa shape index (κ1) is 16.8. The Balaban J connectivity index is 1.47. The van der Waals surface area contributed by atoms with E-state index in [1.807, 2.05) is 48.5 Å². The normalized spacial score (nSPS) is 16.0. The topological polar surface area (TPSA) is 47.6 Å². The second-order valence-electron chi connectivity index (χ2n) is 5.70. The highest BCUT2D eigenvalue weighted by Gasteiger charge is 2.23. The summed E-state index contributed by atoms with van der Waals surface area (Å²) in [5, 5.41) is 3.11. The molecule has 1 aliphatic rings. The molecule has 0 radical (unpaired) electrons. The van der Waals surface area contributed by atoms with E-state index in [2.05, 4.69) is 21.2 Å². The second kappa shape index (κ2) is 8.20. The molecule has 5 heteroatoms. The van der Waals surface area contributed by atoms with E-state index in [1.165, 1.54) is 0 Å². The van der Waals surface area contributed by atoms with E-state index in [9.17, 15) is 4.79 Å². The first-order valence-electron chi connectivity index (χ1n) is 8.12. The van der Waals surface area contributed by atoms with Crippen molar-refractivity contribution in [1.29, 1.82) is 0 Å². The number of ether oxygens (including phenoxy) is 2. The molecule has 2 aromatic rings. The standard InChI is InChI=1S/C19H20BrNO3/c20-14-8-9-18-16(13-14)17(10-12-24-18)21-19(22)7-4-11-23-15-5-2-1-3-6-15/h1-3,5-6,8-9,13,17H,4,7,10-12H2,(H,21,22). The molecule has 1 N–H and O–H groups in total. The van der Waals surface area contributed by atoms with E-state index in [0.717, 1.165) is 28.0 Å². The van der Waals surface area contributed by atoms with Gasteiger partial charge in [-0.1, -0.05) is 34.1 Å². The third-order valence-corrected chi connectivity index (χ3v) is 4.40. The van der Waals surface area contributed by atoms with Gasteiger partial charge in [0.25, 0.3) is 0 Å². The zero-order valence-electron chi connectivity index (χ0n) is 13.3. The Morgan fingerprint density at radius 3 is 2.92 bits per heavy atom. The lowest BCUT2D eigenvalue weighted by Crippen LogP contribution is -2.32. The minimum atomic E-state index is 0.00814. The zero-order chi connectivity index (χ0) is 16.8. The van der Waals surface area contributed by atoms with Crippen molar-refractivity contribution >= 4 is 21.8 Å². The van der Waals surface area contributed by atoms with Crippen LogP contribution in [0.4, 0.5) is 0 Å². The van der Waals surface area contributed by atoms with Crippen LogP contribution in [0.15, 0.2) is 53.0 Å². The van der Waals surface area contributed by atoms with Crippen LogP contribution in [0.3, 0.4) is 0 Å². The van der Waals surface area contributed by atoms with E-state index in [1.54, 1.807) is 0 Å². The fourth-order valence-corrected chi connectivity index (χ4v) is 3.10. The largest absolute Gasteiger partial charge is 0.494 e. The number of nitrogens with one attached hydrogen (secondary N) is 1. The third-order valence-electron chi connectivity index (χ3n) is 3.91. The molecule has 24 heavy (non-hydrogen) atoms. The Bertz CT molecular complexity index is 690. The average Bonchev–Trinajstić information content (AvgIpc) is 2.60. The Morgan fingerprint density at radius 1 is 1.25 bits per heavy atom. The van der Waals surface area contributed by atoms with Crippen molar-refractivity contribution in [2.24, 2.45) is 0 Å². The van der Waals surface area contributed by atoms with Crippen LogP contribution in [0.1, 0.15) is 30.9 Å². The number of rotatable bonds is 6. The summed E-state index contributed by atoms with van der Waals surface area (Å²) in [6.07, 6.45) is 1.93. The van der Waals surface area contributed by atoms with Gasteiger partial charge in [0.15, 0.2) is 0 Å². The van der Waals surface area contributed by atoms with Crippen molar-refractivity contribution in [3.8, 4) is 11.5 Å². The van der Waals surface area contributed by atoms with Gasteiger partial charge in [-0.25, -0.2) is 0 Å². The summed E-state index contributed by atoms with van der Waals surface area (Å²) in [4.78, 5) is 12.2. The van der Waals surface area contributed by atoms with Crippen LogP contribution in [0.2, 0.25) is 0 Å². The summed E-state index contributed by atoms with van der Waals surface area (Å²) in [7, 11) is 0.